The average Bonchev–Trinajstić information content (AvgIpc) is 3.15. The van der Waals surface area contributed by atoms with E-state index in [1.807, 2.05) is 13.0 Å². The first-order valence-corrected chi connectivity index (χ1v) is 9.81. The fraction of sp³-hybridized carbons (Fsp3) is 0.350. The highest BCUT2D eigenvalue weighted by Gasteiger charge is 2.23. The van der Waals surface area contributed by atoms with Crippen molar-refractivity contribution in [2.24, 2.45) is 0 Å². The van der Waals surface area contributed by atoms with Crippen LogP contribution >= 0.6 is 11.3 Å². The number of hydrogen-bond donors (Lipinski definition) is 2. The van der Waals surface area contributed by atoms with Crippen LogP contribution in [0.3, 0.4) is 0 Å². The number of rotatable bonds is 4. The van der Waals surface area contributed by atoms with E-state index in [-0.39, 0.29) is 11.6 Å². The molecule has 3 aromatic rings. The molecule has 142 valence electrons. The van der Waals surface area contributed by atoms with Crippen molar-refractivity contribution in [1.82, 2.24) is 9.88 Å². The monoisotopic (exact) mass is 387 g/mol. The van der Waals surface area contributed by atoms with Crippen LogP contribution in [-0.2, 0) is 11.3 Å². The molecule has 5 nitrogen and oxygen atoms in total. The molecule has 1 aliphatic heterocycles. The van der Waals surface area contributed by atoms with Crippen molar-refractivity contribution >= 4 is 33.1 Å². The van der Waals surface area contributed by atoms with Gasteiger partial charge >= 0.3 is 0 Å². The summed E-state index contributed by atoms with van der Waals surface area (Å²) in [4.78, 5) is 19.6. The molecule has 2 aromatic heterocycles. The standard InChI is InChI=1S/C20H22FN3O2S/c1-12-3-4-16(15(21)9-12)23-20(25)18-14(11-24-5-7-26-8-6-24)19-17(22-18)10-13(2)27-19/h3-4,9-10,22H,5-8,11H2,1-2H3,(H,23,25). The summed E-state index contributed by atoms with van der Waals surface area (Å²) in [6.45, 7) is 7.62. The third kappa shape index (κ3) is 3.76. The maximum Gasteiger partial charge on any atom is 0.272 e. The molecule has 1 amide bonds. The maximum absolute atomic E-state index is 14.2. The number of carbonyl (C=O) groups excluding carboxylic acids is 1. The minimum atomic E-state index is -0.428. The van der Waals surface area contributed by atoms with E-state index in [0.717, 1.165) is 34.4 Å². The van der Waals surface area contributed by atoms with Crippen molar-refractivity contribution in [3.63, 3.8) is 0 Å². The Labute approximate surface area is 161 Å². The summed E-state index contributed by atoms with van der Waals surface area (Å²) in [6, 6.07) is 6.84. The Morgan fingerprint density at radius 2 is 2.07 bits per heavy atom. The van der Waals surface area contributed by atoms with E-state index < -0.39 is 5.82 Å². The lowest BCUT2D eigenvalue weighted by Gasteiger charge is -2.26. The first kappa shape index (κ1) is 18.2. The number of thiophene rings is 1. The molecule has 0 aliphatic carbocycles. The Morgan fingerprint density at radius 1 is 1.30 bits per heavy atom. The van der Waals surface area contributed by atoms with Crippen LogP contribution in [0, 0.1) is 19.7 Å². The molecule has 2 N–H and O–H groups in total. The number of hydrogen-bond acceptors (Lipinski definition) is 4. The summed E-state index contributed by atoms with van der Waals surface area (Å²) >= 11 is 1.67. The fourth-order valence-electron chi connectivity index (χ4n) is 3.39. The largest absolute Gasteiger partial charge is 0.379 e. The second-order valence-electron chi connectivity index (χ2n) is 6.90. The molecule has 0 bridgehead atoms. The summed E-state index contributed by atoms with van der Waals surface area (Å²) in [6.07, 6.45) is 0. The Balaban J connectivity index is 1.66. The van der Waals surface area contributed by atoms with E-state index in [1.54, 1.807) is 23.5 Å². The normalized spacial score (nSPS) is 15.4. The Hall–Kier alpha value is -2.22. The number of nitrogens with zero attached hydrogens (tertiary/aromatic N) is 1. The van der Waals surface area contributed by atoms with Crippen LogP contribution in [-0.4, -0.2) is 42.1 Å². The number of aromatic nitrogens is 1. The number of anilines is 1. The highest BCUT2D eigenvalue weighted by atomic mass is 32.1. The van der Waals surface area contributed by atoms with E-state index in [9.17, 15) is 9.18 Å². The van der Waals surface area contributed by atoms with E-state index >= 15 is 0 Å². The molecular formula is C20H22FN3O2S. The van der Waals surface area contributed by atoms with Gasteiger partial charge in [-0.1, -0.05) is 6.07 Å². The summed E-state index contributed by atoms with van der Waals surface area (Å²) in [5.74, 6) is -0.746. The second kappa shape index (κ2) is 7.42. The summed E-state index contributed by atoms with van der Waals surface area (Å²) in [5, 5.41) is 2.71. The Morgan fingerprint density at radius 3 is 2.81 bits per heavy atom. The summed E-state index contributed by atoms with van der Waals surface area (Å²) < 4.78 is 20.7. The number of amides is 1. The number of nitrogens with one attached hydrogen (secondary N) is 2. The zero-order valence-electron chi connectivity index (χ0n) is 15.4. The van der Waals surface area contributed by atoms with Gasteiger partial charge in [0.25, 0.3) is 5.91 Å². The second-order valence-corrected chi connectivity index (χ2v) is 8.16. The van der Waals surface area contributed by atoms with Gasteiger partial charge in [-0.3, -0.25) is 9.69 Å². The molecule has 1 saturated heterocycles. The number of aryl methyl sites for hydroxylation is 2. The van der Waals surface area contributed by atoms with Crippen molar-refractivity contribution in [2.45, 2.75) is 20.4 Å². The lowest BCUT2D eigenvalue weighted by atomic mass is 10.2. The van der Waals surface area contributed by atoms with Gasteiger partial charge in [0, 0.05) is 30.1 Å². The first-order valence-electron chi connectivity index (χ1n) is 9.00. The van der Waals surface area contributed by atoms with E-state index in [0.29, 0.717) is 25.5 Å². The zero-order chi connectivity index (χ0) is 19.0. The van der Waals surface area contributed by atoms with Crippen molar-refractivity contribution in [3.05, 3.63) is 51.8 Å². The van der Waals surface area contributed by atoms with Crippen LogP contribution < -0.4 is 5.32 Å². The molecular weight excluding hydrogens is 365 g/mol. The van der Waals surface area contributed by atoms with Gasteiger partial charge in [-0.05, 0) is 37.6 Å². The number of H-pyrrole nitrogens is 1. The molecule has 1 aromatic carbocycles. The molecule has 1 fully saturated rings. The third-order valence-corrected chi connectivity index (χ3v) is 5.89. The molecule has 4 rings (SSSR count). The van der Waals surface area contributed by atoms with Gasteiger partial charge < -0.3 is 15.0 Å². The average molecular weight is 387 g/mol. The minimum absolute atomic E-state index is 0.192. The van der Waals surface area contributed by atoms with Gasteiger partial charge in [-0.2, -0.15) is 0 Å². The number of morpholine rings is 1. The number of carbonyl (C=O) groups is 1. The van der Waals surface area contributed by atoms with Crippen LogP contribution in [0.15, 0.2) is 24.3 Å². The molecule has 27 heavy (non-hydrogen) atoms. The van der Waals surface area contributed by atoms with Gasteiger partial charge in [-0.15, -0.1) is 11.3 Å². The number of ether oxygens (including phenoxy) is 1. The first-order chi connectivity index (χ1) is 13.0. The van der Waals surface area contributed by atoms with Gasteiger partial charge in [0.15, 0.2) is 0 Å². The number of benzene rings is 1. The van der Waals surface area contributed by atoms with Crippen LogP contribution in [0.1, 0.15) is 26.5 Å². The fourth-order valence-corrected chi connectivity index (χ4v) is 4.40. The van der Waals surface area contributed by atoms with Gasteiger partial charge in [-0.25, -0.2) is 4.39 Å². The molecule has 0 radical (unpaired) electrons. The highest BCUT2D eigenvalue weighted by molar-refractivity contribution is 7.19. The van der Waals surface area contributed by atoms with Crippen molar-refractivity contribution in [3.8, 4) is 0 Å². The molecule has 1 aliphatic rings. The quantitative estimate of drug-likeness (QED) is 0.710. The summed E-state index contributed by atoms with van der Waals surface area (Å²) in [5.41, 5.74) is 3.43. The maximum atomic E-state index is 14.2. The Bertz CT molecular complexity index is 989. The van der Waals surface area contributed by atoms with Gasteiger partial charge in [0.05, 0.1) is 29.1 Å². The van der Waals surface area contributed by atoms with Crippen LogP contribution in [0.4, 0.5) is 10.1 Å². The van der Waals surface area contributed by atoms with Crippen molar-refractivity contribution in [2.75, 3.05) is 31.6 Å². The lowest BCUT2D eigenvalue weighted by Crippen LogP contribution is -2.36. The van der Waals surface area contributed by atoms with E-state index in [4.69, 9.17) is 4.74 Å². The summed E-state index contributed by atoms with van der Waals surface area (Å²) in [7, 11) is 0. The van der Waals surface area contributed by atoms with Crippen LogP contribution in [0.25, 0.3) is 10.2 Å². The Kier molecular flexibility index (Phi) is 4.99. The molecule has 0 spiro atoms. The minimum Gasteiger partial charge on any atom is -0.379 e. The topological polar surface area (TPSA) is 57.4 Å². The van der Waals surface area contributed by atoms with Crippen LogP contribution in [0.5, 0.6) is 0 Å². The lowest BCUT2D eigenvalue weighted by molar-refractivity contribution is 0.0343. The SMILES string of the molecule is Cc1ccc(NC(=O)c2[nH]c3cc(C)sc3c2CN2CCOCC2)c(F)c1. The molecule has 0 unspecified atom stereocenters. The van der Waals surface area contributed by atoms with Gasteiger partial charge in [0.2, 0.25) is 0 Å². The van der Waals surface area contributed by atoms with Crippen molar-refractivity contribution in [1.29, 1.82) is 0 Å². The molecule has 0 saturated carbocycles. The number of halogens is 1. The molecule has 3 heterocycles. The molecule has 7 heteroatoms. The highest BCUT2D eigenvalue weighted by Crippen LogP contribution is 2.32. The van der Waals surface area contributed by atoms with Crippen LogP contribution in [0.2, 0.25) is 0 Å². The number of fused-ring (bicyclic) bond motifs is 1. The van der Waals surface area contributed by atoms with E-state index in [2.05, 4.69) is 22.1 Å². The number of aromatic amines is 1. The smallest absolute Gasteiger partial charge is 0.272 e. The van der Waals surface area contributed by atoms with Crippen molar-refractivity contribution < 1.29 is 13.9 Å². The van der Waals surface area contributed by atoms with Gasteiger partial charge in [0.1, 0.15) is 11.5 Å². The zero-order valence-corrected chi connectivity index (χ0v) is 16.2. The molecule has 0 atom stereocenters. The van der Waals surface area contributed by atoms with E-state index in [1.165, 1.54) is 10.9 Å². The predicted octanol–water partition coefficient (Wildman–Crippen LogP) is 4.07. The predicted molar refractivity (Wildman–Crippen MR) is 106 cm³/mol. The third-order valence-electron chi connectivity index (χ3n) is 4.78.